The fraction of sp³-hybridized carbons (Fsp3) is 0.0667. The Bertz CT molecular complexity index is 841. The minimum Gasteiger partial charge on any atom is -0.399 e. The predicted octanol–water partition coefficient (Wildman–Crippen LogP) is 3.36. The van der Waals surface area contributed by atoms with Crippen molar-refractivity contribution in [3.63, 3.8) is 0 Å². The number of pyridine rings is 1. The van der Waals surface area contributed by atoms with Gasteiger partial charge in [0.15, 0.2) is 0 Å². The largest absolute Gasteiger partial charge is 0.399 e. The maximum Gasteiger partial charge on any atom is 0.258 e. The van der Waals surface area contributed by atoms with Gasteiger partial charge in [-0.2, -0.15) is 0 Å². The van der Waals surface area contributed by atoms with E-state index >= 15 is 0 Å². The normalized spacial score (nSPS) is 10.8. The lowest BCUT2D eigenvalue weighted by Crippen LogP contribution is -2.14. The summed E-state index contributed by atoms with van der Waals surface area (Å²) in [6.45, 7) is 1.89. The van der Waals surface area contributed by atoms with Gasteiger partial charge >= 0.3 is 0 Å². The maximum atomic E-state index is 12.4. The van der Waals surface area contributed by atoms with E-state index in [1.807, 2.05) is 13.0 Å². The molecule has 0 spiro atoms. The second kappa shape index (κ2) is 5.10. The summed E-state index contributed by atoms with van der Waals surface area (Å²) in [5, 5.41) is 3.90. The molecule has 1 aromatic carbocycles. The number of nitrogens with zero attached hydrogens (tertiary/aromatic N) is 1. The Morgan fingerprint density at radius 2 is 2.19 bits per heavy atom. The molecular formula is C15H13ClN4O. The van der Waals surface area contributed by atoms with E-state index in [0.29, 0.717) is 33.0 Å². The molecule has 2 aromatic heterocycles. The zero-order valence-corrected chi connectivity index (χ0v) is 12.0. The number of nitrogens with one attached hydrogen (secondary N) is 2. The number of hydrogen-bond acceptors (Lipinski definition) is 3. The van der Waals surface area contributed by atoms with Gasteiger partial charge in [-0.05, 0) is 30.7 Å². The van der Waals surface area contributed by atoms with Crippen molar-refractivity contribution in [2.45, 2.75) is 6.92 Å². The summed E-state index contributed by atoms with van der Waals surface area (Å²) in [6, 6.07) is 7.13. The molecule has 1 amide bonds. The van der Waals surface area contributed by atoms with Crippen LogP contribution in [0.15, 0.2) is 36.7 Å². The summed E-state index contributed by atoms with van der Waals surface area (Å²) in [5.41, 5.74) is 8.88. The van der Waals surface area contributed by atoms with Crippen molar-refractivity contribution in [3.05, 3.63) is 52.8 Å². The molecule has 0 saturated carbocycles. The number of benzene rings is 1. The van der Waals surface area contributed by atoms with Crippen LogP contribution in [0.1, 0.15) is 15.9 Å². The smallest absolute Gasteiger partial charge is 0.258 e. The quantitative estimate of drug-likeness (QED) is 0.634. The van der Waals surface area contributed by atoms with E-state index in [4.69, 9.17) is 17.3 Å². The fourth-order valence-electron chi connectivity index (χ4n) is 2.10. The lowest BCUT2D eigenvalue weighted by molar-refractivity contribution is 0.102. The molecule has 3 rings (SSSR count). The molecule has 4 N–H and O–H groups in total. The van der Waals surface area contributed by atoms with Gasteiger partial charge in [0.05, 0.1) is 10.6 Å². The highest BCUT2D eigenvalue weighted by Crippen LogP contribution is 2.26. The van der Waals surface area contributed by atoms with Crippen LogP contribution in [0.3, 0.4) is 0 Å². The number of fused-ring (bicyclic) bond motifs is 1. The van der Waals surface area contributed by atoms with Crippen LogP contribution in [0.4, 0.5) is 11.4 Å². The number of carbonyl (C=O) groups excluding carboxylic acids is 1. The molecule has 21 heavy (non-hydrogen) atoms. The highest BCUT2D eigenvalue weighted by atomic mass is 35.5. The number of aromatic nitrogens is 2. The van der Waals surface area contributed by atoms with Crippen LogP contribution < -0.4 is 11.1 Å². The van der Waals surface area contributed by atoms with Crippen LogP contribution in [-0.2, 0) is 0 Å². The second-order valence-electron chi connectivity index (χ2n) is 4.75. The molecule has 6 heteroatoms. The number of rotatable bonds is 2. The molecule has 0 aliphatic carbocycles. The van der Waals surface area contributed by atoms with Crippen LogP contribution in [0.5, 0.6) is 0 Å². The van der Waals surface area contributed by atoms with E-state index in [0.717, 1.165) is 5.56 Å². The predicted molar refractivity (Wildman–Crippen MR) is 84.6 cm³/mol. The zero-order valence-electron chi connectivity index (χ0n) is 11.3. The van der Waals surface area contributed by atoms with Gasteiger partial charge < -0.3 is 16.0 Å². The number of nitrogen functional groups attached to an aromatic ring is 1. The van der Waals surface area contributed by atoms with Gasteiger partial charge in [-0.1, -0.05) is 17.7 Å². The number of H-pyrrole nitrogens is 1. The number of hydrogen-bond donors (Lipinski definition) is 3. The van der Waals surface area contributed by atoms with E-state index in [9.17, 15) is 4.79 Å². The summed E-state index contributed by atoms with van der Waals surface area (Å²) in [5.74, 6) is -0.315. The summed E-state index contributed by atoms with van der Waals surface area (Å²) in [7, 11) is 0. The minimum absolute atomic E-state index is 0.315. The summed E-state index contributed by atoms with van der Waals surface area (Å²) >= 11 is 6.27. The first-order valence-electron chi connectivity index (χ1n) is 6.35. The van der Waals surface area contributed by atoms with Crippen molar-refractivity contribution in [2.75, 3.05) is 11.1 Å². The van der Waals surface area contributed by atoms with Crippen molar-refractivity contribution >= 4 is 39.9 Å². The standard InChI is InChI=1S/C15H13ClN4O/c1-8-2-3-9(17)6-12(8)20-15(21)11-7-19-14-10(13(11)16)4-5-18-14/h2-7H,17H2,1H3,(H,18,19)(H,20,21). The molecule has 0 radical (unpaired) electrons. The van der Waals surface area contributed by atoms with Gasteiger partial charge in [-0.25, -0.2) is 4.98 Å². The minimum atomic E-state index is -0.315. The van der Waals surface area contributed by atoms with Crippen molar-refractivity contribution < 1.29 is 4.79 Å². The van der Waals surface area contributed by atoms with Gasteiger partial charge in [0.25, 0.3) is 5.91 Å². The first-order valence-corrected chi connectivity index (χ1v) is 6.73. The van der Waals surface area contributed by atoms with E-state index in [2.05, 4.69) is 15.3 Å². The summed E-state index contributed by atoms with van der Waals surface area (Å²) < 4.78 is 0. The Morgan fingerprint density at radius 3 is 3.00 bits per heavy atom. The number of aryl methyl sites for hydroxylation is 1. The Hall–Kier alpha value is -2.53. The number of nitrogens with two attached hydrogens (primary N) is 1. The van der Waals surface area contributed by atoms with E-state index < -0.39 is 0 Å². The lowest BCUT2D eigenvalue weighted by atomic mass is 10.1. The van der Waals surface area contributed by atoms with Gasteiger partial charge in [-0.3, -0.25) is 4.79 Å². The third-order valence-corrected chi connectivity index (χ3v) is 3.68. The van der Waals surface area contributed by atoms with Crippen molar-refractivity contribution in [1.82, 2.24) is 9.97 Å². The van der Waals surface area contributed by atoms with Crippen LogP contribution in [0, 0.1) is 6.92 Å². The Labute approximate surface area is 126 Å². The van der Waals surface area contributed by atoms with Crippen LogP contribution in [-0.4, -0.2) is 15.9 Å². The zero-order chi connectivity index (χ0) is 15.0. The third-order valence-electron chi connectivity index (χ3n) is 3.28. The van der Waals surface area contributed by atoms with E-state index in [1.165, 1.54) is 6.20 Å². The summed E-state index contributed by atoms with van der Waals surface area (Å²) in [4.78, 5) is 19.5. The monoisotopic (exact) mass is 300 g/mol. The molecule has 2 heterocycles. The Balaban J connectivity index is 1.97. The molecule has 0 bridgehead atoms. The van der Waals surface area contributed by atoms with Crippen molar-refractivity contribution in [2.24, 2.45) is 0 Å². The Kier molecular flexibility index (Phi) is 3.27. The number of aromatic amines is 1. The molecule has 106 valence electrons. The number of amides is 1. The molecule has 3 aromatic rings. The average molecular weight is 301 g/mol. The first kappa shape index (κ1) is 13.5. The van der Waals surface area contributed by atoms with Gasteiger partial charge in [0.2, 0.25) is 0 Å². The van der Waals surface area contributed by atoms with Gasteiger partial charge in [-0.15, -0.1) is 0 Å². The number of carbonyl (C=O) groups is 1. The van der Waals surface area contributed by atoms with Gasteiger partial charge in [0, 0.05) is 29.2 Å². The third kappa shape index (κ3) is 2.43. The van der Waals surface area contributed by atoms with Crippen molar-refractivity contribution in [3.8, 4) is 0 Å². The molecule has 0 fully saturated rings. The molecule has 0 aliphatic heterocycles. The van der Waals surface area contributed by atoms with Crippen molar-refractivity contribution in [1.29, 1.82) is 0 Å². The van der Waals surface area contributed by atoms with E-state index in [1.54, 1.807) is 24.4 Å². The molecule has 0 unspecified atom stereocenters. The van der Waals surface area contributed by atoms with E-state index in [-0.39, 0.29) is 5.91 Å². The van der Waals surface area contributed by atoms with Crippen LogP contribution in [0.25, 0.3) is 11.0 Å². The highest BCUT2D eigenvalue weighted by molar-refractivity contribution is 6.38. The van der Waals surface area contributed by atoms with Crippen LogP contribution >= 0.6 is 11.6 Å². The molecule has 0 saturated heterocycles. The second-order valence-corrected chi connectivity index (χ2v) is 5.13. The van der Waals surface area contributed by atoms with Gasteiger partial charge in [0.1, 0.15) is 5.65 Å². The topological polar surface area (TPSA) is 83.8 Å². The summed E-state index contributed by atoms with van der Waals surface area (Å²) in [6.07, 6.45) is 3.19. The SMILES string of the molecule is Cc1ccc(N)cc1NC(=O)c1cnc2[nH]ccc2c1Cl. The number of halogens is 1. The average Bonchev–Trinajstić information content (AvgIpc) is 2.92. The highest BCUT2D eigenvalue weighted by Gasteiger charge is 2.15. The molecule has 0 atom stereocenters. The molecule has 5 nitrogen and oxygen atoms in total. The lowest BCUT2D eigenvalue weighted by Gasteiger charge is -2.10. The van der Waals surface area contributed by atoms with Crippen LogP contribution in [0.2, 0.25) is 5.02 Å². The Morgan fingerprint density at radius 1 is 1.38 bits per heavy atom. The first-order chi connectivity index (χ1) is 10.1. The maximum absolute atomic E-state index is 12.4. The molecular weight excluding hydrogens is 288 g/mol. The molecule has 0 aliphatic rings. The number of anilines is 2. The fourth-order valence-corrected chi connectivity index (χ4v) is 2.38.